The van der Waals surface area contributed by atoms with Crippen LogP contribution in [0.5, 0.6) is 0 Å². The molecule has 4 heteroatoms. The molecular weight excluding hydrogens is 232 g/mol. The lowest BCUT2D eigenvalue weighted by Crippen LogP contribution is -2.55. The van der Waals surface area contributed by atoms with E-state index in [0.29, 0.717) is 5.92 Å². The van der Waals surface area contributed by atoms with Crippen LogP contribution in [0.15, 0.2) is 0 Å². The molecule has 0 aliphatic heterocycles. The molecule has 18 heavy (non-hydrogen) atoms. The minimum absolute atomic E-state index is 0.193. The van der Waals surface area contributed by atoms with Gasteiger partial charge in [0, 0.05) is 0 Å². The summed E-state index contributed by atoms with van der Waals surface area (Å²) in [5.41, 5.74) is -1.54. The Morgan fingerprint density at radius 2 is 1.56 bits per heavy atom. The molecule has 0 bridgehead atoms. The smallest absolute Gasteiger partial charge is 0.321 e. The van der Waals surface area contributed by atoms with Gasteiger partial charge in [0.05, 0.1) is 0 Å². The van der Waals surface area contributed by atoms with E-state index < -0.39 is 17.4 Å². The Labute approximate surface area is 107 Å². The number of carbonyl (C=O) groups is 2. The van der Waals surface area contributed by atoms with Crippen LogP contribution in [0, 0.1) is 29.1 Å². The van der Waals surface area contributed by atoms with Crippen molar-refractivity contribution in [2.75, 3.05) is 0 Å². The second-order valence-corrected chi connectivity index (χ2v) is 6.20. The first-order valence-electron chi connectivity index (χ1n) is 6.88. The molecule has 4 unspecified atom stereocenters. The van der Waals surface area contributed by atoms with Crippen molar-refractivity contribution in [3.8, 4) is 0 Å². The summed E-state index contributed by atoms with van der Waals surface area (Å²) in [6.45, 7) is 4.17. The van der Waals surface area contributed by atoms with E-state index in [0.717, 1.165) is 25.7 Å². The Hall–Kier alpha value is -1.06. The van der Waals surface area contributed by atoms with Crippen LogP contribution in [0.1, 0.15) is 46.0 Å². The number of fused-ring (bicyclic) bond motifs is 1. The standard InChI is InChI=1S/C14H22O4/c1-8-5-6-9(2)11-10(8)4-3-7-14(11,12(15)16)13(17)18/h8-11H,3-7H2,1-2H3,(H,15,16)(H,17,18). The fraction of sp³-hybridized carbons (Fsp3) is 0.857. The highest BCUT2D eigenvalue weighted by molar-refractivity contribution is 5.98. The van der Waals surface area contributed by atoms with Crippen LogP contribution in [0.3, 0.4) is 0 Å². The van der Waals surface area contributed by atoms with Gasteiger partial charge < -0.3 is 10.2 Å². The molecule has 2 fully saturated rings. The predicted molar refractivity (Wildman–Crippen MR) is 66.1 cm³/mol. The topological polar surface area (TPSA) is 74.6 Å². The van der Waals surface area contributed by atoms with Gasteiger partial charge in [0.2, 0.25) is 0 Å². The molecule has 0 spiro atoms. The highest BCUT2D eigenvalue weighted by Gasteiger charge is 2.60. The summed E-state index contributed by atoms with van der Waals surface area (Å²) in [6, 6.07) is 0. The van der Waals surface area contributed by atoms with Crippen molar-refractivity contribution in [1.82, 2.24) is 0 Å². The summed E-state index contributed by atoms with van der Waals surface area (Å²) in [7, 11) is 0. The van der Waals surface area contributed by atoms with Crippen molar-refractivity contribution in [3.05, 3.63) is 0 Å². The van der Waals surface area contributed by atoms with Gasteiger partial charge in [0.1, 0.15) is 0 Å². The number of hydrogen-bond acceptors (Lipinski definition) is 2. The molecule has 2 N–H and O–H groups in total. The molecule has 2 aliphatic carbocycles. The lowest BCUT2D eigenvalue weighted by Gasteiger charge is -2.50. The number of carboxylic acids is 2. The largest absolute Gasteiger partial charge is 0.480 e. The van der Waals surface area contributed by atoms with E-state index in [1.807, 2.05) is 6.92 Å². The molecule has 2 rings (SSSR count). The monoisotopic (exact) mass is 254 g/mol. The lowest BCUT2D eigenvalue weighted by molar-refractivity contribution is -0.181. The molecule has 2 saturated carbocycles. The summed E-state index contributed by atoms with van der Waals surface area (Å²) in [4.78, 5) is 23.3. The molecule has 2 aliphatic rings. The van der Waals surface area contributed by atoms with Gasteiger partial charge in [-0.3, -0.25) is 9.59 Å². The van der Waals surface area contributed by atoms with Crippen LogP contribution in [0.4, 0.5) is 0 Å². The molecular formula is C14H22O4. The molecule has 0 heterocycles. The lowest BCUT2D eigenvalue weighted by atomic mass is 9.51. The number of carboxylic acid groups (broad SMARTS) is 2. The molecule has 4 nitrogen and oxygen atoms in total. The number of hydrogen-bond donors (Lipinski definition) is 2. The second kappa shape index (κ2) is 4.56. The maximum Gasteiger partial charge on any atom is 0.321 e. The molecule has 0 aromatic carbocycles. The minimum atomic E-state index is -1.54. The Kier molecular flexibility index (Phi) is 3.39. The van der Waals surface area contributed by atoms with E-state index in [9.17, 15) is 19.8 Å². The Morgan fingerprint density at radius 3 is 2.11 bits per heavy atom. The van der Waals surface area contributed by atoms with Gasteiger partial charge in [-0.15, -0.1) is 0 Å². The van der Waals surface area contributed by atoms with E-state index >= 15 is 0 Å². The molecule has 102 valence electrons. The fourth-order valence-corrected chi connectivity index (χ4v) is 4.38. The van der Waals surface area contributed by atoms with Gasteiger partial charge in [-0.05, 0) is 36.5 Å². The maximum atomic E-state index is 11.6. The maximum absolute atomic E-state index is 11.6. The van der Waals surface area contributed by atoms with Crippen LogP contribution < -0.4 is 0 Å². The molecule has 4 atom stereocenters. The first kappa shape index (κ1) is 13.4. The van der Waals surface area contributed by atoms with Crippen LogP contribution in [-0.4, -0.2) is 22.2 Å². The van der Waals surface area contributed by atoms with Crippen molar-refractivity contribution in [2.24, 2.45) is 29.1 Å². The third-order valence-corrected chi connectivity index (χ3v) is 5.32. The van der Waals surface area contributed by atoms with Gasteiger partial charge in [-0.25, -0.2) is 0 Å². The second-order valence-electron chi connectivity index (χ2n) is 6.20. The van der Waals surface area contributed by atoms with Crippen LogP contribution >= 0.6 is 0 Å². The summed E-state index contributed by atoms with van der Waals surface area (Å²) < 4.78 is 0. The van der Waals surface area contributed by atoms with E-state index in [4.69, 9.17) is 0 Å². The normalized spacial score (nSPS) is 38.8. The molecule has 0 amide bonds. The number of rotatable bonds is 2. The third kappa shape index (κ3) is 1.73. The first-order chi connectivity index (χ1) is 8.41. The van der Waals surface area contributed by atoms with E-state index in [2.05, 4.69) is 6.92 Å². The zero-order valence-corrected chi connectivity index (χ0v) is 11.1. The highest BCUT2D eigenvalue weighted by atomic mass is 16.4. The Balaban J connectivity index is 2.45. The summed E-state index contributed by atoms with van der Waals surface area (Å²) >= 11 is 0. The van der Waals surface area contributed by atoms with Crippen molar-refractivity contribution >= 4 is 11.9 Å². The van der Waals surface area contributed by atoms with Gasteiger partial charge in [-0.2, -0.15) is 0 Å². The van der Waals surface area contributed by atoms with Crippen molar-refractivity contribution < 1.29 is 19.8 Å². The average molecular weight is 254 g/mol. The van der Waals surface area contributed by atoms with Gasteiger partial charge >= 0.3 is 11.9 Å². The van der Waals surface area contributed by atoms with Crippen molar-refractivity contribution in [2.45, 2.75) is 46.0 Å². The van der Waals surface area contributed by atoms with E-state index in [1.54, 1.807) is 0 Å². The minimum Gasteiger partial charge on any atom is -0.480 e. The van der Waals surface area contributed by atoms with E-state index in [-0.39, 0.29) is 24.2 Å². The SMILES string of the molecule is CC1CCC(C)C2C1CCCC2(C(=O)O)C(=O)O. The van der Waals surface area contributed by atoms with Gasteiger partial charge in [-0.1, -0.05) is 33.1 Å². The molecule has 0 aromatic rings. The molecule has 0 radical (unpaired) electrons. The van der Waals surface area contributed by atoms with Crippen LogP contribution in [0.25, 0.3) is 0 Å². The molecule has 0 aromatic heterocycles. The number of aliphatic carboxylic acids is 2. The van der Waals surface area contributed by atoms with Crippen molar-refractivity contribution in [3.63, 3.8) is 0 Å². The fourth-order valence-electron chi connectivity index (χ4n) is 4.38. The third-order valence-electron chi connectivity index (χ3n) is 5.32. The van der Waals surface area contributed by atoms with Crippen LogP contribution in [-0.2, 0) is 9.59 Å². The zero-order valence-electron chi connectivity index (χ0n) is 11.1. The zero-order chi connectivity index (χ0) is 13.5. The van der Waals surface area contributed by atoms with Crippen LogP contribution in [0.2, 0.25) is 0 Å². The van der Waals surface area contributed by atoms with Gasteiger partial charge in [0.25, 0.3) is 0 Å². The quantitative estimate of drug-likeness (QED) is 0.743. The Bertz CT molecular complexity index is 349. The average Bonchev–Trinajstić information content (AvgIpc) is 2.32. The summed E-state index contributed by atoms with van der Waals surface area (Å²) in [5.74, 6) is -1.57. The summed E-state index contributed by atoms with van der Waals surface area (Å²) in [5, 5.41) is 19.0. The highest BCUT2D eigenvalue weighted by Crippen LogP contribution is 2.55. The van der Waals surface area contributed by atoms with E-state index in [1.165, 1.54) is 0 Å². The molecule has 0 saturated heterocycles. The Morgan fingerprint density at radius 1 is 1.00 bits per heavy atom. The van der Waals surface area contributed by atoms with Gasteiger partial charge in [0.15, 0.2) is 5.41 Å². The predicted octanol–water partition coefficient (Wildman–Crippen LogP) is 2.62. The first-order valence-corrected chi connectivity index (χ1v) is 6.88. The summed E-state index contributed by atoms with van der Waals surface area (Å²) in [6.07, 6.45) is 4.04. The van der Waals surface area contributed by atoms with Crippen molar-refractivity contribution in [1.29, 1.82) is 0 Å².